The predicted octanol–water partition coefficient (Wildman–Crippen LogP) is 8.23. The van der Waals surface area contributed by atoms with Gasteiger partial charge in [-0.05, 0) is 84.3 Å². The van der Waals surface area contributed by atoms with Gasteiger partial charge >= 0.3 is 0 Å². The van der Waals surface area contributed by atoms with Gasteiger partial charge in [0, 0.05) is 28.9 Å². The third-order valence-electron chi connectivity index (χ3n) is 7.44. The van der Waals surface area contributed by atoms with Crippen LogP contribution in [-0.2, 0) is 17.8 Å². The molecule has 5 aromatic rings. The van der Waals surface area contributed by atoms with E-state index in [0.29, 0.717) is 45.3 Å². The monoisotopic (exact) mass is 667 g/mol. The summed E-state index contributed by atoms with van der Waals surface area (Å²) in [6.07, 6.45) is 4.43. The van der Waals surface area contributed by atoms with Crippen molar-refractivity contribution in [2.45, 2.75) is 13.0 Å². The normalized spacial score (nSPS) is 13.8. The van der Waals surface area contributed by atoms with Gasteiger partial charge < -0.3 is 14.2 Å². The first-order chi connectivity index (χ1) is 22.4. The second-order valence-corrected chi connectivity index (χ2v) is 12.5. The van der Waals surface area contributed by atoms with Crippen molar-refractivity contribution in [3.05, 3.63) is 130 Å². The molecule has 1 aliphatic rings. The first-order valence-electron chi connectivity index (χ1n) is 14.5. The molecule has 10 heteroatoms. The van der Waals surface area contributed by atoms with Crippen LogP contribution < -0.4 is 14.2 Å². The number of thiocarbonyl (C=S) groups is 1. The van der Waals surface area contributed by atoms with Crippen LogP contribution in [0.1, 0.15) is 16.7 Å². The zero-order valence-electron chi connectivity index (χ0n) is 25.2. The molecule has 1 amide bonds. The largest absolute Gasteiger partial charge is 0.493 e. The van der Waals surface area contributed by atoms with E-state index in [1.165, 1.54) is 11.8 Å². The average molecular weight is 668 g/mol. The molecule has 0 radical (unpaired) electrons. The van der Waals surface area contributed by atoms with E-state index in [1.54, 1.807) is 19.1 Å². The minimum absolute atomic E-state index is 0.125. The Kier molecular flexibility index (Phi) is 9.73. The van der Waals surface area contributed by atoms with Crippen LogP contribution in [0, 0.1) is 0 Å². The minimum atomic E-state index is -0.125. The van der Waals surface area contributed by atoms with Crippen molar-refractivity contribution in [2.75, 3.05) is 20.8 Å². The summed E-state index contributed by atoms with van der Waals surface area (Å²) in [5, 5.41) is 5.61. The lowest BCUT2D eigenvalue weighted by Gasteiger charge is -2.15. The number of benzene rings is 4. The molecule has 1 aliphatic heterocycles. The predicted molar refractivity (Wildman–Crippen MR) is 188 cm³/mol. The fourth-order valence-electron chi connectivity index (χ4n) is 5.00. The number of hydrogen-bond donors (Lipinski definition) is 0. The Bertz CT molecular complexity index is 1890. The molecule has 0 N–H and O–H groups in total. The number of carbonyl (C=O) groups excluding carboxylic acids is 1. The zero-order chi connectivity index (χ0) is 32.0. The third-order valence-corrected chi connectivity index (χ3v) is 9.07. The van der Waals surface area contributed by atoms with E-state index >= 15 is 0 Å². The SMILES string of the molecule is COc1ccc(CCN2C(=O)/C(=C/c3cn(-c4ccccc4)nc3-c3ccc(OCc4ccc(Cl)cc4)cc3)SC2=S)cc1OC. The van der Waals surface area contributed by atoms with Crippen LogP contribution in [0.2, 0.25) is 5.02 Å². The van der Waals surface area contributed by atoms with E-state index < -0.39 is 0 Å². The van der Waals surface area contributed by atoms with E-state index in [4.69, 9.17) is 43.1 Å². The third kappa shape index (κ3) is 7.12. The second-order valence-electron chi connectivity index (χ2n) is 10.4. The van der Waals surface area contributed by atoms with Gasteiger partial charge in [-0.25, -0.2) is 4.68 Å². The van der Waals surface area contributed by atoms with Crippen LogP contribution in [0.4, 0.5) is 0 Å². The quantitative estimate of drug-likeness (QED) is 0.104. The van der Waals surface area contributed by atoms with Crippen LogP contribution >= 0.6 is 35.6 Å². The summed E-state index contributed by atoms with van der Waals surface area (Å²) in [4.78, 5) is 15.8. The van der Waals surface area contributed by atoms with Crippen molar-refractivity contribution in [1.82, 2.24) is 14.7 Å². The van der Waals surface area contributed by atoms with Gasteiger partial charge in [-0.3, -0.25) is 9.69 Å². The molecule has 1 fully saturated rings. The molecular weight excluding hydrogens is 638 g/mol. The van der Waals surface area contributed by atoms with Gasteiger partial charge in [0.1, 0.15) is 16.7 Å². The molecule has 0 bridgehead atoms. The summed E-state index contributed by atoms with van der Waals surface area (Å²) in [5.74, 6) is 1.92. The zero-order valence-corrected chi connectivity index (χ0v) is 27.6. The Labute approximate surface area is 282 Å². The molecule has 232 valence electrons. The minimum Gasteiger partial charge on any atom is -0.493 e. The van der Waals surface area contributed by atoms with Gasteiger partial charge in [0.15, 0.2) is 11.5 Å². The number of rotatable bonds is 11. The van der Waals surface area contributed by atoms with E-state index in [9.17, 15) is 4.79 Å². The lowest BCUT2D eigenvalue weighted by atomic mass is 10.1. The maximum Gasteiger partial charge on any atom is 0.266 e. The van der Waals surface area contributed by atoms with Gasteiger partial charge in [-0.15, -0.1) is 0 Å². The number of ether oxygens (including phenoxy) is 3. The molecule has 0 spiro atoms. The van der Waals surface area contributed by atoms with Crippen molar-refractivity contribution < 1.29 is 19.0 Å². The number of amides is 1. The molecular formula is C36H30ClN3O4S2. The van der Waals surface area contributed by atoms with Crippen LogP contribution in [0.15, 0.2) is 108 Å². The van der Waals surface area contributed by atoms with Crippen molar-refractivity contribution in [3.63, 3.8) is 0 Å². The van der Waals surface area contributed by atoms with Gasteiger partial charge in [0.05, 0.1) is 30.5 Å². The summed E-state index contributed by atoms with van der Waals surface area (Å²) in [5.41, 5.74) is 5.39. The lowest BCUT2D eigenvalue weighted by molar-refractivity contribution is -0.122. The molecule has 0 saturated carbocycles. The fourth-order valence-corrected chi connectivity index (χ4v) is 6.42. The number of hydrogen-bond acceptors (Lipinski definition) is 7. The van der Waals surface area contributed by atoms with Crippen LogP contribution in [0.25, 0.3) is 23.0 Å². The molecule has 4 aromatic carbocycles. The fraction of sp³-hybridized carbons (Fsp3) is 0.139. The number of para-hydroxylation sites is 1. The summed E-state index contributed by atoms with van der Waals surface area (Å²) < 4.78 is 19.1. The summed E-state index contributed by atoms with van der Waals surface area (Å²) in [6, 6.07) is 31.0. The van der Waals surface area contributed by atoms with Gasteiger partial charge in [-0.2, -0.15) is 5.10 Å². The molecule has 0 aliphatic carbocycles. The Morgan fingerprint density at radius 3 is 2.33 bits per heavy atom. The number of methoxy groups -OCH3 is 2. The van der Waals surface area contributed by atoms with Gasteiger partial charge in [0.2, 0.25) is 0 Å². The number of thioether (sulfide) groups is 1. The molecule has 1 saturated heterocycles. The standard InChI is InChI=1S/C36H30ClN3O4S2/c1-42-31-17-10-24(20-32(31)43-2)18-19-39-35(41)33(46-36(39)45)21-27-22-40(29-6-4-3-5-7-29)38-34(27)26-11-15-30(16-12-26)44-23-25-8-13-28(37)14-9-25/h3-17,20-22H,18-19,23H2,1-2H3/b33-21-. The van der Waals surface area contributed by atoms with Crippen molar-refractivity contribution in [1.29, 1.82) is 0 Å². The topological polar surface area (TPSA) is 65.8 Å². The van der Waals surface area contributed by atoms with E-state index in [0.717, 1.165) is 39.4 Å². The molecule has 6 rings (SSSR count). The molecule has 2 heterocycles. The molecule has 1 aromatic heterocycles. The average Bonchev–Trinajstić information content (AvgIpc) is 3.63. The number of aromatic nitrogens is 2. The Hall–Kier alpha value is -4.57. The highest BCUT2D eigenvalue weighted by Gasteiger charge is 2.32. The number of nitrogens with zero attached hydrogens (tertiary/aromatic N) is 3. The lowest BCUT2D eigenvalue weighted by Crippen LogP contribution is -2.30. The first kappa shape index (κ1) is 31.4. The van der Waals surface area contributed by atoms with Crippen molar-refractivity contribution >= 4 is 51.9 Å². The van der Waals surface area contributed by atoms with Crippen LogP contribution in [0.5, 0.6) is 17.2 Å². The van der Waals surface area contributed by atoms with Crippen molar-refractivity contribution in [2.24, 2.45) is 0 Å². The first-order valence-corrected chi connectivity index (χ1v) is 16.1. The molecule has 7 nitrogen and oxygen atoms in total. The molecule has 0 atom stereocenters. The van der Waals surface area contributed by atoms with E-state index in [2.05, 4.69) is 0 Å². The summed E-state index contributed by atoms with van der Waals surface area (Å²) >= 11 is 12.9. The maximum absolute atomic E-state index is 13.6. The summed E-state index contributed by atoms with van der Waals surface area (Å²) in [6.45, 7) is 0.878. The molecule has 46 heavy (non-hydrogen) atoms. The van der Waals surface area contributed by atoms with E-state index in [-0.39, 0.29) is 5.91 Å². The highest BCUT2D eigenvalue weighted by molar-refractivity contribution is 8.26. The highest BCUT2D eigenvalue weighted by atomic mass is 35.5. The Morgan fingerprint density at radius 1 is 0.891 bits per heavy atom. The number of carbonyl (C=O) groups is 1. The van der Waals surface area contributed by atoms with Gasteiger partial charge in [-0.1, -0.05) is 72.0 Å². The van der Waals surface area contributed by atoms with Crippen LogP contribution in [-0.4, -0.2) is 45.7 Å². The Balaban J connectivity index is 1.23. The van der Waals surface area contributed by atoms with Gasteiger partial charge in [0.25, 0.3) is 5.91 Å². The van der Waals surface area contributed by atoms with Crippen LogP contribution in [0.3, 0.4) is 0 Å². The summed E-state index contributed by atoms with van der Waals surface area (Å²) in [7, 11) is 3.21. The molecule has 0 unspecified atom stereocenters. The van der Waals surface area contributed by atoms with E-state index in [1.807, 2.05) is 114 Å². The smallest absolute Gasteiger partial charge is 0.266 e. The van der Waals surface area contributed by atoms with Crippen molar-refractivity contribution in [3.8, 4) is 34.2 Å². The maximum atomic E-state index is 13.6. The second kappa shape index (κ2) is 14.2. The Morgan fingerprint density at radius 2 is 1.61 bits per heavy atom. The number of halogens is 1. The highest BCUT2D eigenvalue weighted by Crippen LogP contribution is 2.36.